The summed E-state index contributed by atoms with van der Waals surface area (Å²) in [5.41, 5.74) is -0.126. The fourth-order valence-electron chi connectivity index (χ4n) is 1.46. The van der Waals surface area contributed by atoms with E-state index in [1.54, 1.807) is 4.90 Å². The van der Waals surface area contributed by atoms with E-state index in [2.05, 4.69) is 0 Å². The molecule has 0 aliphatic carbocycles. The summed E-state index contributed by atoms with van der Waals surface area (Å²) in [6.45, 7) is 5.20. The molecule has 0 fully saturated rings. The van der Waals surface area contributed by atoms with Gasteiger partial charge in [-0.1, -0.05) is 26.7 Å². The van der Waals surface area contributed by atoms with Crippen LogP contribution in [0.2, 0.25) is 0 Å². The van der Waals surface area contributed by atoms with Crippen LogP contribution in [-0.4, -0.2) is 40.1 Å². The Morgan fingerprint density at radius 3 is 1.82 bits per heavy atom. The summed E-state index contributed by atoms with van der Waals surface area (Å²) in [6.07, 6.45) is 4.38. The maximum atomic E-state index is 11.0. The van der Waals surface area contributed by atoms with Gasteiger partial charge in [0.05, 0.1) is 6.08 Å². The van der Waals surface area contributed by atoms with Gasteiger partial charge in [0.25, 0.3) is 0 Å². The third-order valence-electron chi connectivity index (χ3n) is 2.38. The average Bonchev–Trinajstić information content (AvgIpc) is 2.26. The molecule has 0 aromatic carbocycles. The molecule has 0 atom stereocenters. The molecule has 0 aliphatic heterocycles. The molecule has 0 unspecified atom stereocenters. The molecule has 0 spiro atoms. The highest BCUT2D eigenvalue weighted by atomic mass is 16.4. The average molecular weight is 243 g/mol. The van der Waals surface area contributed by atoms with E-state index in [9.17, 15) is 9.59 Å². The summed E-state index contributed by atoms with van der Waals surface area (Å²) >= 11 is 0. The van der Waals surface area contributed by atoms with E-state index in [1.165, 1.54) is 0 Å². The number of carboxylic acids is 2. The van der Waals surface area contributed by atoms with Gasteiger partial charge >= 0.3 is 11.9 Å². The summed E-state index contributed by atoms with van der Waals surface area (Å²) in [6, 6.07) is 0. The second-order valence-electron chi connectivity index (χ2n) is 3.87. The highest BCUT2D eigenvalue weighted by Crippen LogP contribution is 2.09. The van der Waals surface area contributed by atoms with Crippen molar-refractivity contribution in [2.24, 2.45) is 0 Å². The lowest BCUT2D eigenvalue weighted by Gasteiger charge is -2.24. The predicted molar refractivity (Wildman–Crippen MR) is 64.7 cm³/mol. The van der Waals surface area contributed by atoms with Gasteiger partial charge in [0.15, 0.2) is 0 Å². The Labute approximate surface area is 102 Å². The van der Waals surface area contributed by atoms with Crippen LogP contribution in [0.5, 0.6) is 0 Å². The normalized spacial score (nSPS) is 11.3. The van der Waals surface area contributed by atoms with Crippen LogP contribution in [0.3, 0.4) is 0 Å². The second-order valence-corrected chi connectivity index (χ2v) is 3.87. The Morgan fingerprint density at radius 2 is 1.53 bits per heavy atom. The van der Waals surface area contributed by atoms with Crippen LogP contribution in [0.1, 0.15) is 39.5 Å². The smallest absolute Gasteiger partial charge is 0.352 e. The van der Waals surface area contributed by atoms with E-state index in [0.29, 0.717) is 13.1 Å². The quantitative estimate of drug-likeness (QED) is 0.605. The zero-order valence-corrected chi connectivity index (χ0v) is 10.5. The van der Waals surface area contributed by atoms with Gasteiger partial charge in [0, 0.05) is 13.1 Å². The number of hydrogen-bond donors (Lipinski definition) is 2. The molecule has 0 aromatic heterocycles. The summed E-state index contributed by atoms with van der Waals surface area (Å²) < 4.78 is 0. The first-order chi connectivity index (χ1) is 8.02. The predicted octanol–water partition coefficient (Wildman–Crippen LogP) is 1.94. The second kappa shape index (κ2) is 8.61. The molecule has 98 valence electrons. The van der Waals surface area contributed by atoms with Gasteiger partial charge in [0.2, 0.25) is 0 Å². The Bertz CT molecular complexity index is 278. The molecular formula is C12H21NO4. The van der Waals surface area contributed by atoms with Crippen molar-refractivity contribution in [3.05, 3.63) is 11.8 Å². The van der Waals surface area contributed by atoms with Crippen LogP contribution in [0.15, 0.2) is 11.8 Å². The number of carbonyl (C=O) groups is 2. The van der Waals surface area contributed by atoms with Crippen molar-refractivity contribution in [3.63, 3.8) is 0 Å². The molecular weight excluding hydrogens is 222 g/mol. The zero-order chi connectivity index (χ0) is 13.3. The van der Waals surface area contributed by atoms with E-state index >= 15 is 0 Å². The lowest BCUT2D eigenvalue weighted by molar-refractivity contribution is -0.136. The van der Waals surface area contributed by atoms with Crippen molar-refractivity contribution in [2.45, 2.75) is 39.5 Å². The van der Waals surface area contributed by atoms with Crippen LogP contribution in [0, 0.1) is 0 Å². The van der Waals surface area contributed by atoms with Crippen LogP contribution >= 0.6 is 0 Å². The Morgan fingerprint density at radius 1 is 1.06 bits per heavy atom. The SMILES string of the molecule is CCCCN(CCCC)/C(=C/C(=O)O)C(=O)O. The molecule has 0 heterocycles. The number of nitrogens with zero attached hydrogens (tertiary/aromatic N) is 1. The van der Waals surface area contributed by atoms with E-state index in [-0.39, 0.29) is 5.70 Å². The molecule has 0 amide bonds. The number of hydrogen-bond acceptors (Lipinski definition) is 3. The van der Waals surface area contributed by atoms with Crippen LogP contribution in [0.4, 0.5) is 0 Å². The minimum Gasteiger partial charge on any atom is -0.478 e. The van der Waals surface area contributed by atoms with Crippen molar-refractivity contribution in [2.75, 3.05) is 13.1 Å². The third kappa shape index (κ3) is 6.60. The Kier molecular flexibility index (Phi) is 7.84. The molecule has 2 N–H and O–H groups in total. The van der Waals surface area contributed by atoms with Crippen LogP contribution in [0.25, 0.3) is 0 Å². The highest BCUT2D eigenvalue weighted by molar-refractivity contribution is 5.94. The minimum atomic E-state index is -1.22. The minimum absolute atomic E-state index is 0.126. The maximum Gasteiger partial charge on any atom is 0.352 e. The van der Waals surface area contributed by atoms with Gasteiger partial charge in [-0.15, -0.1) is 0 Å². The number of aliphatic carboxylic acids is 2. The van der Waals surface area contributed by atoms with E-state index in [0.717, 1.165) is 31.8 Å². The van der Waals surface area contributed by atoms with Gasteiger partial charge in [0.1, 0.15) is 5.70 Å². The fourth-order valence-corrected chi connectivity index (χ4v) is 1.46. The van der Waals surface area contributed by atoms with Crippen molar-refractivity contribution in [3.8, 4) is 0 Å². The summed E-state index contributed by atoms with van der Waals surface area (Å²) in [7, 11) is 0. The molecule has 5 heteroatoms. The van der Waals surface area contributed by atoms with Crippen molar-refractivity contribution in [1.29, 1.82) is 0 Å². The van der Waals surface area contributed by atoms with Crippen molar-refractivity contribution < 1.29 is 19.8 Å². The van der Waals surface area contributed by atoms with Gasteiger partial charge in [-0.2, -0.15) is 0 Å². The van der Waals surface area contributed by atoms with E-state index in [1.807, 2.05) is 13.8 Å². The standard InChI is InChI=1S/C12H21NO4/c1-3-5-7-13(8-6-4-2)10(12(16)17)9-11(14)15/h9H,3-8H2,1-2H3,(H,14,15)(H,16,17)/b10-9+. The lowest BCUT2D eigenvalue weighted by Crippen LogP contribution is -2.30. The topological polar surface area (TPSA) is 77.8 Å². The lowest BCUT2D eigenvalue weighted by atomic mass is 10.2. The molecule has 0 saturated carbocycles. The molecule has 0 saturated heterocycles. The largest absolute Gasteiger partial charge is 0.478 e. The maximum absolute atomic E-state index is 11.0. The summed E-state index contributed by atoms with van der Waals surface area (Å²) in [5.74, 6) is -2.40. The van der Waals surface area contributed by atoms with E-state index in [4.69, 9.17) is 10.2 Å². The molecule has 5 nitrogen and oxygen atoms in total. The monoisotopic (exact) mass is 243 g/mol. The molecule has 0 bridgehead atoms. The van der Waals surface area contributed by atoms with Gasteiger partial charge < -0.3 is 15.1 Å². The van der Waals surface area contributed by atoms with Gasteiger partial charge in [-0.3, -0.25) is 0 Å². The fraction of sp³-hybridized carbons (Fsp3) is 0.667. The number of unbranched alkanes of at least 4 members (excludes halogenated alkanes) is 2. The first kappa shape index (κ1) is 15.5. The number of rotatable bonds is 9. The van der Waals surface area contributed by atoms with Crippen LogP contribution < -0.4 is 0 Å². The van der Waals surface area contributed by atoms with Crippen molar-refractivity contribution >= 4 is 11.9 Å². The first-order valence-electron chi connectivity index (χ1n) is 5.95. The molecule has 0 aromatic rings. The molecule has 0 radical (unpaired) electrons. The summed E-state index contributed by atoms with van der Waals surface area (Å²) in [5, 5.41) is 17.7. The summed E-state index contributed by atoms with van der Waals surface area (Å²) in [4.78, 5) is 23.3. The van der Waals surface area contributed by atoms with Crippen LogP contribution in [-0.2, 0) is 9.59 Å². The molecule has 0 rings (SSSR count). The molecule has 17 heavy (non-hydrogen) atoms. The third-order valence-corrected chi connectivity index (χ3v) is 2.38. The number of carboxylic acid groups (broad SMARTS) is 2. The Balaban J connectivity index is 4.79. The Hall–Kier alpha value is -1.52. The van der Waals surface area contributed by atoms with Gasteiger partial charge in [-0.25, -0.2) is 9.59 Å². The van der Waals surface area contributed by atoms with Crippen molar-refractivity contribution in [1.82, 2.24) is 4.90 Å². The van der Waals surface area contributed by atoms with E-state index < -0.39 is 11.9 Å². The first-order valence-corrected chi connectivity index (χ1v) is 5.95. The molecule has 0 aliphatic rings. The highest BCUT2D eigenvalue weighted by Gasteiger charge is 2.17. The zero-order valence-electron chi connectivity index (χ0n) is 10.5. The van der Waals surface area contributed by atoms with Gasteiger partial charge in [-0.05, 0) is 12.8 Å².